The Balaban J connectivity index is 2.32. The van der Waals surface area contributed by atoms with Crippen molar-refractivity contribution in [3.05, 3.63) is 12.2 Å². The molecular weight excluding hydrogens is 108 g/mol. The van der Waals surface area contributed by atoms with Gasteiger partial charge in [0.15, 0.2) is 0 Å². The summed E-state index contributed by atoms with van der Waals surface area (Å²) in [7, 11) is 0. The van der Waals surface area contributed by atoms with Crippen molar-refractivity contribution in [1.29, 1.82) is 0 Å². The van der Waals surface area contributed by atoms with Crippen molar-refractivity contribution in [2.24, 2.45) is 0 Å². The quantitative estimate of drug-likeness (QED) is 0.312. The Morgan fingerprint density at radius 1 is 1.75 bits per heavy atom. The van der Waals surface area contributed by atoms with Crippen LogP contribution in [-0.4, -0.2) is 18.2 Å². The lowest BCUT2D eigenvalue weighted by Gasteiger charge is -2.12. The first kappa shape index (κ1) is 5.75. The number of hydrogen-bond donors (Lipinski definition) is 1. The molecule has 1 atom stereocenters. The van der Waals surface area contributed by atoms with Crippen LogP contribution >= 0.6 is 0 Å². The minimum absolute atomic E-state index is 0.538. The summed E-state index contributed by atoms with van der Waals surface area (Å²) < 4.78 is 4.87. The third-order valence-electron chi connectivity index (χ3n) is 0.964. The molecular formula is C5H8O3. The largest absolute Gasteiger partial charge is 0.346 e. The molecule has 1 N–H and O–H groups in total. The normalized spacial score (nSPS) is 28.4. The number of rotatable bonds is 1. The van der Waals surface area contributed by atoms with Gasteiger partial charge in [-0.05, 0) is 12.5 Å². The van der Waals surface area contributed by atoms with E-state index >= 15 is 0 Å². The Labute approximate surface area is 47.5 Å². The molecule has 3 heteroatoms. The summed E-state index contributed by atoms with van der Waals surface area (Å²) in [5, 5.41) is 8.01. The predicted molar refractivity (Wildman–Crippen MR) is 27.2 cm³/mol. The van der Waals surface area contributed by atoms with Gasteiger partial charge < -0.3 is 4.74 Å². The van der Waals surface area contributed by atoms with E-state index in [0.717, 1.165) is 6.42 Å². The molecule has 0 aromatic rings. The Bertz CT molecular complexity index is 89.7. The van der Waals surface area contributed by atoms with E-state index in [9.17, 15) is 0 Å². The fraction of sp³-hybridized carbons (Fsp3) is 0.600. The molecule has 8 heavy (non-hydrogen) atoms. The van der Waals surface area contributed by atoms with Gasteiger partial charge in [-0.3, -0.25) is 0 Å². The van der Waals surface area contributed by atoms with Crippen molar-refractivity contribution in [2.75, 3.05) is 6.61 Å². The van der Waals surface area contributed by atoms with Gasteiger partial charge in [-0.15, -0.1) is 0 Å². The Morgan fingerprint density at radius 3 is 3.00 bits per heavy atom. The summed E-state index contributed by atoms with van der Waals surface area (Å²) in [6.07, 6.45) is 3.94. The fourth-order valence-corrected chi connectivity index (χ4v) is 0.581. The second-order valence-corrected chi connectivity index (χ2v) is 1.56. The molecule has 0 fully saturated rings. The summed E-state index contributed by atoms with van der Waals surface area (Å²) in [6, 6.07) is 0. The van der Waals surface area contributed by atoms with Crippen LogP contribution in [0.2, 0.25) is 0 Å². The molecule has 1 heterocycles. The molecule has 3 nitrogen and oxygen atoms in total. The highest BCUT2D eigenvalue weighted by molar-refractivity contribution is 4.87. The van der Waals surface area contributed by atoms with Crippen LogP contribution < -0.4 is 0 Å². The van der Waals surface area contributed by atoms with Gasteiger partial charge in [0, 0.05) is 0 Å². The molecule has 1 rings (SSSR count). The molecule has 1 aliphatic rings. The highest BCUT2D eigenvalue weighted by atomic mass is 17.1. The molecule has 0 bridgehead atoms. The molecule has 0 aliphatic carbocycles. The summed E-state index contributed by atoms with van der Waals surface area (Å²) in [5.41, 5.74) is 0. The molecule has 0 amide bonds. The van der Waals surface area contributed by atoms with Crippen molar-refractivity contribution in [1.82, 2.24) is 0 Å². The third-order valence-corrected chi connectivity index (χ3v) is 0.964. The molecule has 1 aliphatic heterocycles. The standard InChI is InChI=1S/C5H8O3/c6-8-5-3-1-2-4-7-5/h1,3,5-6H,2,4H2. The van der Waals surface area contributed by atoms with Crippen LogP contribution in [0.4, 0.5) is 0 Å². The lowest BCUT2D eigenvalue weighted by molar-refractivity contribution is -0.330. The van der Waals surface area contributed by atoms with E-state index in [1.807, 2.05) is 6.08 Å². The minimum atomic E-state index is -0.538. The lowest BCUT2D eigenvalue weighted by atomic mass is 10.3. The number of hydrogen-bond acceptors (Lipinski definition) is 3. The van der Waals surface area contributed by atoms with Crippen molar-refractivity contribution < 1.29 is 14.9 Å². The molecule has 0 aromatic carbocycles. The van der Waals surface area contributed by atoms with Crippen LogP contribution in [0.15, 0.2) is 12.2 Å². The van der Waals surface area contributed by atoms with E-state index in [1.165, 1.54) is 0 Å². The van der Waals surface area contributed by atoms with E-state index < -0.39 is 6.29 Å². The van der Waals surface area contributed by atoms with Crippen molar-refractivity contribution in [3.8, 4) is 0 Å². The van der Waals surface area contributed by atoms with Crippen molar-refractivity contribution in [3.63, 3.8) is 0 Å². The highest BCUT2D eigenvalue weighted by Gasteiger charge is 2.05. The van der Waals surface area contributed by atoms with Crippen LogP contribution in [0.5, 0.6) is 0 Å². The maximum absolute atomic E-state index is 8.01. The van der Waals surface area contributed by atoms with Gasteiger partial charge in [0.05, 0.1) is 6.61 Å². The molecule has 46 valence electrons. The van der Waals surface area contributed by atoms with E-state index in [-0.39, 0.29) is 0 Å². The van der Waals surface area contributed by atoms with E-state index in [4.69, 9.17) is 9.99 Å². The van der Waals surface area contributed by atoms with Crippen LogP contribution in [0.3, 0.4) is 0 Å². The summed E-state index contributed by atoms with van der Waals surface area (Å²) >= 11 is 0. The maximum Gasteiger partial charge on any atom is 0.210 e. The van der Waals surface area contributed by atoms with E-state index in [0.29, 0.717) is 6.61 Å². The fourth-order valence-electron chi connectivity index (χ4n) is 0.581. The van der Waals surface area contributed by atoms with Crippen molar-refractivity contribution >= 4 is 0 Å². The zero-order valence-electron chi connectivity index (χ0n) is 4.41. The SMILES string of the molecule is OOC1C=CCCO1. The first-order valence-electron chi connectivity index (χ1n) is 2.52. The Kier molecular flexibility index (Phi) is 2.02. The van der Waals surface area contributed by atoms with Gasteiger partial charge in [0.25, 0.3) is 0 Å². The predicted octanol–water partition coefficient (Wildman–Crippen LogP) is 0.779. The minimum Gasteiger partial charge on any atom is -0.346 e. The van der Waals surface area contributed by atoms with Gasteiger partial charge >= 0.3 is 0 Å². The van der Waals surface area contributed by atoms with E-state index in [1.54, 1.807) is 6.08 Å². The van der Waals surface area contributed by atoms with E-state index in [2.05, 4.69) is 4.89 Å². The summed E-state index contributed by atoms with van der Waals surface area (Å²) in [6.45, 7) is 0.627. The van der Waals surface area contributed by atoms with Crippen LogP contribution in [-0.2, 0) is 9.62 Å². The zero-order valence-corrected chi connectivity index (χ0v) is 4.41. The smallest absolute Gasteiger partial charge is 0.210 e. The summed E-state index contributed by atoms with van der Waals surface area (Å²) in [5.74, 6) is 0. The van der Waals surface area contributed by atoms with Gasteiger partial charge in [-0.1, -0.05) is 6.08 Å². The van der Waals surface area contributed by atoms with Gasteiger partial charge in [-0.2, -0.15) is 0 Å². The Hall–Kier alpha value is -0.380. The van der Waals surface area contributed by atoms with Gasteiger partial charge in [-0.25, -0.2) is 10.1 Å². The molecule has 0 spiro atoms. The zero-order chi connectivity index (χ0) is 5.82. The monoisotopic (exact) mass is 116 g/mol. The molecule has 0 saturated heterocycles. The second kappa shape index (κ2) is 2.81. The molecule has 0 radical (unpaired) electrons. The highest BCUT2D eigenvalue weighted by Crippen LogP contribution is 2.02. The number of ether oxygens (including phenoxy) is 1. The average Bonchev–Trinajstić information content (AvgIpc) is 1.90. The Morgan fingerprint density at radius 2 is 2.62 bits per heavy atom. The first-order valence-corrected chi connectivity index (χ1v) is 2.52. The summed E-state index contributed by atoms with van der Waals surface area (Å²) in [4.78, 5) is 3.88. The van der Waals surface area contributed by atoms with Crippen LogP contribution in [0.1, 0.15) is 6.42 Å². The average molecular weight is 116 g/mol. The van der Waals surface area contributed by atoms with Crippen LogP contribution in [0.25, 0.3) is 0 Å². The first-order chi connectivity index (χ1) is 3.93. The second-order valence-electron chi connectivity index (χ2n) is 1.56. The van der Waals surface area contributed by atoms with Gasteiger partial charge in [0.1, 0.15) is 0 Å². The topological polar surface area (TPSA) is 38.7 Å². The molecule has 1 unspecified atom stereocenters. The maximum atomic E-state index is 8.01. The van der Waals surface area contributed by atoms with Crippen molar-refractivity contribution in [2.45, 2.75) is 12.7 Å². The molecule has 0 aromatic heterocycles. The van der Waals surface area contributed by atoms with Crippen LogP contribution in [0, 0.1) is 0 Å². The van der Waals surface area contributed by atoms with Gasteiger partial charge in [0.2, 0.25) is 6.29 Å². The lowest BCUT2D eigenvalue weighted by Crippen LogP contribution is -2.15. The molecule has 0 saturated carbocycles. The third kappa shape index (κ3) is 1.30.